The van der Waals surface area contributed by atoms with Crippen molar-refractivity contribution < 1.29 is 27.8 Å². The van der Waals surface area contributed by atoms with Gasteiger partial charge in [-0.3, -0.25) is 4.79 Å². The van der Waals surface area contributed by atoms with Gasteiger partial charge in [-0.05, 0) is 73.2 Å². The van der Waals surface area contributed by atoms with Crippen LogP contribution < -0.4 is 14.8 Å². The molecule has 44 heavy (non-hydrogen) atoms. The standard InChI is InChI=1S/C34H35N3O6S/c1-42-30-17-14-26(21-31(30)43-23-24-7-3-2-4-8-24)34(18-19-34)33(39)36-32-11-5-10-29(35-32)25-12-15-28(16-13-25)44(40,41)37-20-6-9-27(37)22-38/h2-5,7-8,10-17,21,27,38H,6,9,18-20,22-23H2,1H3,(H,35,36,39). The van der Waals surface area contributed by atoms with Crippen molar-refractivity contribution in [3.05, 3.63) is 102 Å². The lowest BCUT2D eigenvalue weighted by Gasteiger charge is -2.22. The van der Waals surface area contributed by atoms with Gasteiger partial charge in [0.1, 0.15) is 12.4 Å². The highest BCUT2D eigenvalue weighted by atomic mass is 32.2. The molecule has 10 heteroatoms. The fourth-order valence-electron chi connectivity index (χ4n) is 5.74. The summed E-state index contributed by atoms with van der Waals surface area (Å²) in [6, 6.07) is 27.0. The fourth-order valence-corrected chi connectivity index (χ4v) is 7.42. The van der Waals surface area contributed by atoms with Crippen LogP contribution in [0.2, 0.25) is 0 Å². The molecule has 4 aromatic rings. The van der Waals surface area contributed by atoms with E-state index >= 15 is 0 Å². The third kappa shape index (κ3) is 5.93. The number of methoxy groups -OCH3 is 1. The van der Waals surface area contributed by atoms with Gasteiger partial charge in [0.15, 0.2) is 11.5 Å². The lowest BCUT2D eigenvalue weighted by atomic mass is 9.94. The number of nitrogens with one attached hydrogen (secondary N) is 1. The summed E-state index contributed by atoms with van der Waals surface area (Å²) >= 11 is 0. The molecule has 1 saturated heterocycles. The number of aromatic nitrogens is 1. The van der Waals surface area contributed by atoms with Crippen molar-refractivity contribution in [3.63, 3.8) is 0 Å². The number of sulfonamides is 1. The van der Waals surface area contributed by atoms with Crippen LogP contribution in [-0.2, 0) is 26.8 Å². The Morgan fingerprint density at radius 3 is 2.48 bits per heavy atom. The van der Waals surface area contributed by atoms with Gasteiger partial charge < -0.3 is 19.9 Å². The highest BCUT2D eigenvalue weighted by molar-refractivity contribution is 7.89. The first kappa shape index (κ1) is 29.8. The molecule has 0 radical (unpaired) electrons. The minimum atomic E-state index is -3.71. The maximum Gasteiger partial charge on any atom is 0.243 e. The maximum absolute atomic E-state index is 13.6. The zero-order chi connectivity index (χ0) is 30.7. The average Bonchev–Trinajstić information content (AvgIpc) is 3.73. The molecule has 1 unspecified atom stereocenters. The molecule has 2 N–H and O–H groups in total. The van der Waals surface area contributed by atoms with E-state index in [-0.39, 0.29) is 23.5 Å². The highest BCUT2D eigenvalue weighted by Crippen LogP contribution is 2.50. The molecular formula is C34H35N3O6S. The molecule has 1 aromatic heterocycles. The fraction of sp³-hybridized carbons (Fsp3) is 0.294. The Balaban J connectivity index is 1.17. The van der Waals surface area contributed by atoms with Crippen LogP contribution in [0.5, 0.6) is 11.5 Å². The van der Waals surface area contributed by atoms with Crippen LogP contribution in [0.1, 0.15) is 36.8 Å². The van der Waals surface area contributed by atoms with Crippen LogP contribution in [-0.4, -0.2) is 55.0 Å². The number of rotatable bonds is 11. The van der Waals surface area contributed by atoms with Crippen molar-refractivity contribution in [1.82, 2.24) is 9.29 Å². The Kier molecular flexibility index (Phi) is 8.40. The topological polar surface area (TPSA) is 118 Å². The Morgan fingerprint density at radius 2 is 1.77 bits per heavy atom. The van der Waals surface area contributed by atoms with Gasteiger partial charge in [0, 0.05) is 18.2 Å². The van der Waals surface area contributed by atoms with Crippen LogP contribution >= 0.6 is 0 Å². The van der Waals surface area contributed by atoms with Crippen molar-refractivity contribution in [1.29, 1.82) is 0 Å². The number of carbonyl (C=O) groups is 1. The van der Waals surface area contributed by atoms with Crippen molar-refractivity contribution in [2.45, 2.75) is 48.6 Å². The van der Waals surface area contributed by atoms with Crippen LogP contribution in [0.4, 0.5) is 5.82 Å². The largest absolute Gasteiger partial charge is 0.493 e. The first-order chi connectivity index (χ1) is 21.3. The van der Waals surface area contributed by atoms with E-state index in [2.05, 4.69) is 10.3 Å². The van der Waals surface area contributed by atoms with Crippen molar-refractivity contribution in [3.8, 4) is 22.8 Å². The Labute approximate surface area is 257 Å². The van der Waals surface area contributed by atoms with E-state index in [4.69, 9.17) is 9.47 Å². The van der Waals surface area contributed by atoms with E-state index in [1.54, 1.807) is 43.5 Å². The van der Waals surface area contributed by atoms with Crippen molar-refractivity contribution >= 4 is 21.7 Å². The molecule has 1 saturated carbocycles. The number of nitrogens with zero attached hydrogens (tertiary/aromatic N) is 2. The smallest absolute Gasteiger partial charge is 0.243 e. The van der Waals surface area contributed by atoms with Crippen molar-refractivity contribution in [2.24, 2.45) is 0 Å². The maximum atomic E-state index is 13.6. The van der Waals surface area contributed by atoms with E-state index in [9.17, 15) is 18.3 Å². The zero-order valence-corrected chi connectivity index (χ0v) is 25.3. The number of hydrogen-bond donors (Lipinski definition) is 2. The van der Waals surface area contributed by atoms with Gasteiger partial charge in [-0.2, -0.15) is 4.31 Å². The van der Waals surface area contributed by atoms with Gasteiger partial charge in [0.05, 0.1) is 29.7 Å². The molecule has 1 atom stereocenters. The molecule has 1 aliphatic carbocycles. The molecule has 0 spiro atoms. The van der Waals surface area contributed by atoms with E-state index in [1.165, 1.54) is 4.31 Å². The summed E-state index contributed by atoms with van der Waals surface area (Å²) in [4.78, 5) is 18.4. The van der Waals surface area contributed by atoms with E-state index in [0.717, 1.165) is 23.1 Å². The molecule has 1 amide bonds. The molecule has 0 bridgehead atoms. The summed E-state index contributed by atoms with van der Waals surface area (Å²) in [7, 11) is -2.11. The van der Waals surface area contributed by atoms with Gasteiger partial charge >= 0.3 is 0 Å². The molecule has 2 heterocycles. The second-order valence-electron chi connectivity index (χ2n) is 11.2. The predicted octanol–water partition coefficient (Wildman–Crippen LogP) is 5.15. The van der Waals surface area contributed by atoms with Gasteiger partial charge in [0.25, 0.3) is 0 Å². The molecule has 2 aliphatic rings. The zero-order valence-electron chi connectivity index (χ0n) is 24.5. The van der Waals surface area contributed by atoms with E-state index in [1.807, 2.05) is 54.6 Å². The predicted molar refractivity (Wildman–Crippen MR) is 167 cm³/mol. The number of amides is 1. The number of anilines is 1. The first-order valence-electron chi connectivity index (χ1n) is 14.7. The summed E-state index contributed by atoms with van der Waals surface area (Å²) in [5, 5.41) is 12.6. The van der Waals surface area contributed by atoms with Gasteiger partial charge in [0.2, 0.25) is 15.9 Å². The number of hydrogen-bond acceptors (Lipinski definition) is 7. The molecular weight excluding hydrogens is 578 g/mol. The Hall–Kier alpha value is -4.25. The molecule has 3 aromatic carbocycles. The number of aliphatic hydroxyl groups excluding tert-OH is 1. The van der Waals surface area contributed by atoms with Gasteiger partial charge in [-0.1, -0.05) is 54.6 Å². The van der Waals surface area contributed by atoms with Crippen LogP contribution in [0.15, 0.2) is 95.9 Å². The first-order valence-corrected chi connectivity index (χ1v) is 16.1. The van der Waals surface area contributed by atoms with Crippen LogP contribution in [0.25, 0.3) is 11.3 Å². The van der Waals surface area contributed by atoms with Crippen molar-refractivity contribution in [2.75, 3.05) is 25.6 Å². The number of aliphatic hydroxyl groups is 1. The van der Waals surface area contributed by atoms with Gasteiger partial charge in [-0.25, -0.2) is 13.4 Å². The summed E-state index contributed by atoms with van der Waals surface area (Å²) in [6.45, 7) is 0.590. The average molecular weight is 614 g/mol. The summed E-state index contributed by atoms with van der Waals surface area (Å²) in [6.07, 6.45) is 2.78. The van der Waals surface area contributed by atoms with E-state index < -0.39 is 15.4 Å². The molecule has 6 rings (SSSR count). The number of pyridine rings is 1. The molecule has 9 nitrogen and oxygen atoms in total. The summed E-state index contributed by atoms with van der Waals surface area (Å²) in [5.74, 6) is 1.44. The second kappa shape index (κ2) is 12.4. The third-order valence-corrected chi connectivity index (χ3v) is 10.4. The van der Waals surface area contributed by atoms with Crippen LogP contribution in [0.3, 0.4) is 0 Å². The van der Waals surface area contributed by atoms with E-state index in [0.29, 0.717) is 55.4 Å². The SMILES string of the molecule is COc1ccc(C2(C(=O)Nc3cccc(-c4ccc(S(=O)(=O)N5CCCC5CO)cc4)n3)CC2)cc1OCc1ccccc1. The number of ether oxygens (including phenoxy) is 2. The van der Waals surface area contributed by atoms with Crippen LogP contribution in [0, 0.1) is 0 Å². The minimum absolute atomic E-state index is 0.146. The Morgan fingerprint density at radius 1 is 1.00 bits per heavy atom. The molecule has 1 aliphatic heterocycles. The lowest BCUT2D eigenvalue weighted by molar-refractivity contribution is -0.118. The summed E-state index contributed by atoms with van der Waals surface area (Å²) in [5.41, 5.74) is 2.52. The normalized spacial score (nSPS) is 17.6. The summed E-state index contributed by atoms with van der Waals surface area (Å²) < 4.78 is 39.3. The molecule has 2 fully saturated rings. The number of benzene rings is 3. The molecule has 228 valence electrons. The number of carbonyl (C=O) groups excluding carboxylic acids is 1. The second-order valence-corrected chi connectivity index (χ2v) is 13.1. The Bertz CT molecular complexity index is 1740. The monoisotopic (exact) mass is 613 g/mol. The minimum Gasteiger partial charge on any atom is -0.493 e. The third-order valence-electron chi connectivity index (χ3n) is 8.42. The lowest BCUT2D eigenvalue weighted by Crippen LogP contribution is -2.37. The quantitative estimate of drug-likeness (QED) is 0.240. The highest BCUT2D eigenvalue weighted by Gasteiger charge is 2.51. The van der Waals surface area contributed by atoms with Gasteiger partial charge in [-0.15, -0.1) is 0 Å².